The normalized spacial score (nSPS) is 17.9. The summed E-state index contributed by atoms with van der Waals surface area (Å²) in [7, 11) is 0. The summed E-state index contributed by atoms with van der Waals surface area (Å²) in [6.07, 6.45) is 2.30. The standard InChI is InChI=1S/C22H31N3O4/c1-16-9-14-25(23-16)19-7-5-18(6-8-19)20(26)28-15-17-10-12-24(13-11-17)21(27)29-22(2,3)4/h5-8,17H,9-15H2,1-4H3. The van der Waals surface area contributed by atoms with Crippen molar-refractivity contribution in [1.29, 1.82) is 0 Å². The summed E-state index contributed by atoms with van der Waals surface area (Å²) in [5, 5.41) is 6.41. The Morgan fingerprint density at radius 2 is 1.76 bits per heavy atom. The third kappa shape index (κ3) is 5.95. The zero-order chi connectivity index (χ0) is 21.0. The number of piperidine rings is 1. The number of hydrogen-bond acceptors (Lipinski definition) is 6. The van der Waals surface area contributed by atoms with E-state index in [1.54, 1.807) is 17.0 Å². The zero-order valence-corrected chi connectivity index (χ0v) is 17.8. The van der Waals surface area contributed by atoms with E-state index in [0.717, 1.165) is 37.2 Å². The smallest absolute Gasteiger partial charge is 0.410 e. The number of likely N-dealkylation sites (tertiary alicyclic amines) is 1. The Bertz CT molecular complexity index is 759. The van der Waals surface area contributed by atoms with Crippen LogP contribution in [0.1, 0.15) is 57.3 Å². The van der Waals surface area contributed by atoms with Gasteiger partial charge in [-0.2, -0.15) is 5.10 Å². The van der Waals surface area contributed by atoms with Crippen LogP contribution in [0.2, 0.25) is 0 Å². The molecule has 0 aromatic heterocycles. The third-order valence-electron chi connectivity index (χ3n) is 5.09. The SMILES string of the molecule is CC1=NN(c2ccc(C(=O)OCC3CCN(C(=O)OC(C)(C)C)CC3)cc2)CC1. The first-order valence-corrected chi connectivity index (χ1v) is 10.3. The largest absolute Gasteiger partial charge is 0.462 e. The van der Waals surface area contributed by atoms with Gasteiger partial charge in [0.2, 0.25) is 0 Å². The first-order valence-electron chi connectivity index (χ1n) is 10.3. The van der Waals surface area contributed by atoms with Gasteiger partial charge in [0.25, 0.3) is 0 Å². The lowest BCUT2D eigenvalue weighted by atomic mass is 9.98. The van der Waals surface area contributed by atoms with Crippen LogP contribution < -0.4 is 5.01 Å². The molecule has 2 aliphatic rings. The third-order valence-corrected chi connectivity index (χ3v) is 5.09. The molecule has 29 heavy (non-hydrogen) atoms. The van der Waals surface area contributed by atoms with Gasteiger partial charge in [-0.15, -0.1) is 0 Å². The van der Waals surface area contributed by atoms with Crippen LogP contribution in [0.25, 0.3) is 0 Å². The van der Waals surface area contributed by atoms with E-state index >= 15 is 0 Å². The van der Waals surface area contributed by atoms with E-state index in [2.05, 4.69) is 5.10 Å². The fourth-order valence-electron chi connectivity index (χ4n) is 3.42. The molecule has 0 bridgehead atoms. The number of anilines is 1. The van der Waals surface area contributed by atoms with Crippen molar-refractivity contribution < 1.29 is 19.1 Å². The molecule has 1 aromatic rings. The van der Waals surface area contributed by atoms with E-state index in [1.165, 1.54) is 0 Å². The number of hydrogen-bond donors (Lipinski definition) is 0. The maximum Gasteiger partial charge on any atom is 0.410 e. The molecule has 3 rings (SSSR count). The number of carbonyl (C=O) groups excluding carboxylic acids is 2. The minimum atomic E-state index is -0.487. The van der Waals surface area contributed by atoms with Crippen LogP contribution in [0.5, 0.6) is 0 Å². The second-order valence-electron chi connectivity index (χ2n) is 8.76. The second kappa shape index (κ2) is 8.84. The molecule has 2 aliphatic heterocycles. The van der Waals surface area contributed by atoms with Gasteiger partial charge in [-0.25, -0.2) is 9.59 Å². The van der Waals surface area contributed by atoms with Crippen LogP contribution in [-0.4, -0.2) is 54.5 Å². The van der Waals surface area contributed by atoms with Gasteiger partial charge in [-0.1, -0.05) is 0 Å². The molecule has 1 amide bonds. The molecule has 0 saturated carbocycles. The number of esters is 1. The Balaban J connectivity index is 1.43. The molecular weight excluding hydrogens is 370 g/mol. The highest BCUT2D eigenvalue weighted by atomic mass is 16.6. The predicted molar refractivity (Wildman–Crippen MR) is 112 cm³/mol. The topological polar surface area (TPSA) is 71.4 Å². The van der Waals surface area contributed by atoms with Crippen molar-refractivity contribution in [2.24, 2.45) is 11.0 Å². The molecule has 1 aromatic carbocycles. The minimum absolute atomic E-state index is 0.263. The van der Waals surface area contributed by atoms with E-state index in [4.69, 9.17) is 9.47 Å². The van der Waals surface area contributed by atoms with Crippen molar-refractivity contribution in [2.45, 2.75) is 52.6 Å². The number of ether oxygens (including phenoxy) is 2. The summed E-state index contributed by atoms with van der Waals surface area (Å²) in [6, 6.07) is 7.37. The Morgan fingerprint density at radius 3 is 2.31 bits per heavy atom. The fraction of sp³-hybridized carbons (Fsp3) is 0.591. The lowest BCUT2D eigenvalue weighted by molar-refractivity contribution is 0.0115. The van der Waals surface area contributed by atoms with Gasteiger partial charge < -0.3 is 14.4 Å². The summed E-state index contributed by atoms with van der Waals surface area (Å²) in [5.74, 6) is -0.0500. The zero-order valence-electron chi connectivity index (χ0n) is 17.8. The van der Waals surface area contributed by atoms with Crippen molar-refractivity contribution in [3.63, 3.8) is 0 Å². The van der Waals surface area contributed by atoms with Crippen LogP contribution in [-0.2, 0) is 9.47 Å². The molecule has 0 atom stereocenters. The van der Waals surface area contributed by atoms with Crippen LogP contribution in [0.15, 0.2) is 29.4 Å². The summed E-state index contributed by atoms with van der Waals surface area (Å²) in [6.45, 7) is 10.1. The molecule has 0 unspecified atom stereocenters. The summed E-state index contributed by atoms with van der Waals surface area (Å²) in [4.78, 5) is 26.2. The number of rotatable bonds is 4. The van der Waals surface area contributed by atoms with Crippen molar-refractivity contribution in [3.8, 4) is 0 Å². The Morgan fingerprint density at radius 1 is 1.10 bits per heavy atom. The van der Waals surface area contributed by atoms with Crippen LogP contribution in [0.4, 0.5) is 10.5 Å². The maximum atomic E-state index is 12.4. The number of amides is 1. The van der Waals surface area contributed by atoms with E-state index in [1.807, 2.05) is 44.8 Å². The van der Waals surface area contributed by atoms with Gasteiger partial charge in [0.05, 0.1) is 17.9 Å². The Labute approximate surface area is 172 Å². The number of benzene rings is 1. The molecule has 7 nitrogen and oxygen atoms in total. The molecule has 1 fully saturated rings. The van der Waals surface area contributed by atoms with E-state index < -0.39 is 5.60 Å². The van der Waals surface area contributed by atoms with Crippen molar-refractivity contribution in [2.75, 3.05) is 31.3 Å². The monoisotopic (exact) mass is 401 g/mol. The van der Waals surface area contributed by atoms with Gasteiger partial charge in [-0.05, 0) is 70.7 Å². The van der Waals surface area contributed by atoms with Gasteiger partial charge in [0.1, 0.15) is 5.60 Å². The highest BCUT2D eigenvalue weighted by Crippen LogP contribution is 2.22. The van der Waals surface area contributed by atoms with Gasteiger partial charge in [0.15, 0.2) is 0 Å². The van der Waals surface area contributed by atoms with Crippen LogP contribution in [0, 0.1) is 5.92 Å². The molecule has 2 heterocycles. The van der Waals surface area contributed by atoms with Crippen LogP contribution in [0.3, 0.4) is 0 Å². The minimum Gasteiger partial charge on any atom is -0.462 e. The average molecular weight is 402 g/mol. The quantitative estimate of drug-likeness (QED) is 0.711. The lowest BCUT2D eigenvalue weighted by Crippen LogP contribution is -2.42. The molecule has 0 radical (unpaired) electrons. The number of hydrazone groups is 1. The average Bonchev–Trinajstić information content (AvgIpc) is 3.11. The lowest BCUT2D eigenvalue weighted by Gasteiger charge is -2.33. The molecule has 158 valence electrons. The highest BCUT2D eigenvalue weighted by Gasteiger charge is 2.27. The van der Waals surface area contributed by atoms with E-state index in [9.17, 15) is 9.59 Å². The number of nitrogens with zero attached hydrogens (tertiary/aromatic N) is 3. The Hall–Kier alpha value is -2.57. The first-order chi connectivity index (χ1) is 13.7. The molecule has 1 saturated heterocycles. The molecule has 7 heteroatoms. The second-order valence-corrected chi connectivity index (χ2v) is 8.76. The predicted octanol–water partition coefficient (Wildman–Crippen LogP) is 4.08. The van der Waals surface area contributed by atoms with Crippen molar-refractivity contribution in [3.05, 3.63) is 29.8 Å². The fourth-order valence-corrected chi connectivity index (χ4v) is 3.42. The summed E-state index contributed by atoms with van der Waals surface area (Å²) < 4.78 is 10.9. The molecular formula is C22H31N3O4. The van der Waals surface area contributed by atoms with Gasteiger partial charge in [-0.3, -0.25) is 5.01 Å². The van der Waals surface area contributed by atoms with Gasteiger partial charge >= 0.3 is 12.1 Å². The molecule has 0 aliphatic carbocycles. The van der Waals surface area contributed by atoms with Crippen molar-refractivity contribution >= 4 is 23.5 Å². The summed E-state index contributed by atoms with van der Waals surface area (Å²) >= 11 is 0. The Kier molecular flexibility index (Phi) is 6.45. The van der Waals surface area contributed by atoms with Crippen molar-refractivity contribution in [1.82, 2.24) is 4.90 Å². The number of carbonyl (C=O) groups is 2. The van der Waals surface area contributed by atoms with E-state index in [-0.39, 0.29) is 18.0 Å². The molecule has 0 N–H and O–H groups in total. The molecule has 0 spiro atoms. The summed E-state index contributed by atoms with van der Waals surface area (Å²) in [5.41, 5.74) is 2.15. The maximum absolute atomic E-state index is 12.4. The van der Waals surface area contributed by atoms with Crippen LogP contribution >= 0.6 is 0 Å². The first kappa shape index (κ1) is 21.1. The highest BCUT2D eigenvalue weighted by molar-refractivity contribution is 5.90. The van der Waals surface area contributed by atoms with Gasteiger partial charge in [0, 0.05) is 31.8 Å². The van der Waals surface area contributed by atoms with E-state index in [0.29, 0.717) is 25.3 Å².